The van der Waals surface area contributed by atoms with Gasteiger partial charge in [-0.2, -0.15) is 0 Å². The maximum Gasteiger partial charge on any atom is 0.103 e. The first-order chi connectivity index (χ1) is 11.4. The van der Waals surface area contributed by atoms with Crippen molar-refractivity contribution in [1.29, 1.82) is 0 Å². The number of rotatable bonds is 0. The Balaban J connectivity index is 1.91. The van der Waals surface area contributed by atoms with E-state index in [0.717, 1.165) is 25.7 Å². The van der Waals surface area contributed by atoms with E-state index in [-0.39, 0.29) is 41.9 Å². The maximum absolute atomic E-state index is 11.9. The Morgan fingerprint density at radius 3 is 3.00 bits per heavy atom. The molecule has 2 fully saturated rings. The van der Waals surface area contributed by atoms with Crippen LogP contribution in [0.4, 0.5) is 0 Å². The summed E-state index contributed by atoms with van der Waals surface area (Å²) in [7, 11) is 0. The van der Waals surface area contributed by atoms with Gasteiger partial charge in [-0.1, -0.05) is 49.2 Å². The van der Waals surface area contributed by atoms with Gasteiger partial charge in [-0.25, -0.2) is 0 Å². The average Bonchev–Trinajstić information content (AvgIpc) is 3.12. The molecular formula is C18H20O. The summed E-state index contributed by atoms with van der Waals surface area (Å²) >= 11 is 0. The molecule has 0 aliphatic heterocycles. The SMILES string of the molecule is [2H]c1c([2H])c([2H])c2c(c1[2H])[C@H]1CCCC[C@]13[C@H]1C=C[C@H]([C@H]1[2H])[C@]23O. The highest BCUT2D eigenvalue weighted by Gasteiger charge is 2.72. The van der Waals surface area contributed by atoms with Gasteiger partial charge in [-0.05, 0) is 42.2 Å². The van der Waals surface area contributed by atoms with Gasteiger partial charge in [0, 0.05) is 12.7 Å². The zero-order valence-corrected chi connectivity index (χ0v) is 10.7. The Labute approximate surface area is 121 Å². The minimum absolute atomic E-state index is 0.0148. The lowest BCUT2D eigenvalue weighted by molar-refractivity contribution is -0.114. The fourth-order valence-corrected chi connectivity index (χ4v) is 5.52. The molecule has 0 aromatic heterocycles. The predicted molar refractivity (Wildman–Crippen MR) is 74.7 cm³/mol. The summed E-state index contributed by atoms with van der Waals surface area (Å²) in [5, 5.41) is 11.9. The van der Waals surface area contributed by atoms with E-state index >= 15 is 0 Å². The summed E-state index contributed by atoms with van der Waals surface area (Å²) in [4.78, 5) is 0. The maximum atomic E-state index is 11.9. The van der Waals surface area contributed by atoms with E-state index < -0.39 is 17.4 Å². The van der Waals surface area contributed by atoms with Gasteiger partial charge >= 0.3 is 0 Å². The summed E-state index contributed by atoms with van der Waals surface area (Å²) in [5.41, 5.74) is -0.816. The molecule has 0 radical (unpaired) electrons. The summed E-state index contributed by atoms with van der Waals surface area (Å²) in [6.45, 7) is 0. The van der Waals surface area contributed by atoms with Crippen molar-refractivity contribution in [2.45, 2.75) is 43.6 Å². The molecule has 1 heteroatoms. The van der Waals surface area contributed by atoms with Crippen molar-refractivity contribution in [2.24, 2.45) is 17.3 Å². The van der Waals surface area contributed by atoms with Crippen molar-refractivity contribution in [1.82, 2.24) is 0 Å². The smallest absolute Gasteiger partial charge is 0.103 e. The lowest BCUT2D eigenvalue weighted by Crippen LogP contribution is -2.48. The molecule has 1 aromatic carbocycles. The fourth-order valence-electron chi connectivity index (χ4n) is 5.52. The number of aliphatic hydroxyl groups is 1. The third-order valence-electron chi connectivity index (χ3n) is 6.13. The number of allylic oxidation sites excluding steroid dienone is 1. The van der Waals surface area contributed by atoms with Crippen LogP contribution >= 0.6 is 0 Å². The molecule has 6 atom stereocenters. The molecule has 2 saturated carbocycles. The topological polar surface area (TPSA) is 20.2 Å². The van der Waals surface area contributed by atoms with E-state index in [1.807, 2.05) is 6.08 Å². The van der Waals surface area contributed by atoms with Crippen LogP contribution in [0.15, 0.2) is 36.3 Å². The first kappa shape index (κ1) is 7.08. The first-order valence-electron chi connectivity index (χ1n) is 9.88. The van der Waals surface area contributed by atoms with Crippen LogP contribution < -0.4 is 0 Å². The van der Waals surface area contributed by atoms with E-state index in [1.54, 1.807) is 0 Å². The third kappa shape index (κ3) is 0.922. The Bertz CT molecular complexity index is 805. The monoisotopic (exact) mass is 257 g/mol. The zero-order chi connectivity index (χ0) is 17.0. The van der Waals surface area contributed by atoms with Gasteiger partial charge in [0.2, 0.25) is 0 Å². The Kier molecular flexibility index (Phi) is 1.17. The summed E-state index contributed by atoms with van der Waals surface area (Å²) in [5.74, 6) is -0.503. The summed E-state index contributed by atoms with van der Waals surface area (Å²) in [6.07, 6.45) is 7.19. The van der Waals surface area contributed by atoms with Crippen molar-refractivity contribution in [2.75, 3.05) is 0 Å². The lowest BCUT2D eigenvalue weighted by Gasteiger charge is -2.50. The molecule has 4 aliphatic rings. The second-order valence-electron chi connectivity index (χ2n) is 6.52. The normalized spacial score (nSPS) is 56.6. The second-order valence-corrected chi connectivity index (χ2v) is 6.52. The molecule has 19 heavy (non-hydrogen) atoms. The minimum atomic E-state index is -1.32. The second kappa shape index (κ2) is 3.15. The van der Waals surface area contributed by atoms with Gasteiger partial charge in [0.05, 0.1) is 5.48 Å². The van der Waals surface area contributed by atoms with E-state index in [1.165, 1.54) is 0 Å². The molecule has 0 saturated heterocycles. The van der Waals surface area contributed by atoms with Gasteiger partial charge in [0.15, 0.2) is 0 Å². The van der Waals surface area contributed by atoms with Crippen LogP contribution in [0.1, 0.15) is 56.0 Å². The predicted octanol–water partition coefficient (Wildman–Crippen LogP) is 3.74. The highest BCUT2D eigenvalue weighted by atomic mass is 16.3. The zero-order valence-electron chi connectivity index (χ0n) is 15.7. The average molecular weight is 257 g/mol. The van der Waals surface area contributed by atoms with Crippen LogP contribution in [0.3, 0.4) is 0 Å². The van der Waals surface area contributed by atoms with E-state index in [9.17, 15) is 5.11 Å². The van der Waals surface area contributed by atoms with Gasteiger partial charge in [-0.3, -0.25) is 0 Å². The molecule has 1 nitrogen and oxygen atoms in total. The summed E-state index contributed by atoms with van der Waals surface area (Å²) < 4.78 is 41.6. The Hall–Kier alpha value is -1.08. The largest absolute Gasteiger partial charge is 0.384 e. The Morgan fingerprint density at radius 1 is 1.21 bits per heavy atom. The first-order valence-corrected chi connectivity index (χ1v) is 7.31. The van der Waals surface area contributed by atoms with Crippen LogP contribution in [0.5, 0.6) is 0 Å². The van der Waals surface area contributed by atoms with E-state index in [0.29, 0.717) is 11.1 Å². The third-order valence-corrected chi connectivity index (χ3v) is 6.13. The number of benzene rings is 1. The highest BCUT2D eigenvalue weighted by molar-refractivity contribution is 5.51. The van der Waals surface area contributed by atoms with Crippen LogP contribution in [0, 0.1) is 17.3 Å². The van der Waals surface area contributed by atoms with Gasteiger partial charge < -0.3 is 5.11 Å². The molecule has 4 aliphatic carbocycles. The number of fused-ring (bicyclic) bond motifs is 6. The van der Waals surface area contributed by atoms with Gasteiger partial charge in [0.25, 0.3) is 0 Å². The molecule has 1 N–H and O–H groups in total. The van der Waals surface area contributed by atoms with Crippen molar-refractivity contribution >= 4 is 0 Å². The fraction of sp³-hybridized carbons (Fsp3) is 0.556. The molecule has 0 heterocycles. The lowest BCUT2D eigenvalue weighted by atomic mass is 9.56. The highest BCUT2D eigenvalue weighted by Crippen LogP contribution is 2.76. The van der Waals surface area contributed by atoms with Crippen molar-refractivity contribution in [3.63, 3.8) is 0 Å². The van der Waals surface area contributed by atoms with Gasteiger partial charge in [-0.15, -0.1) is 0 Å². The van der Waals surface area contributed by atoms with Crippen LogP contribution in [0.25, 0.3) is 0 Å². The molecule has 0 unspecified atom stereocenters. The molecule has 1 aromatic rings. The van der Waals surface area contributed by atoms with E-state index in [2.05, 4.69) is 6.08 Å². The standard InChI is InChI=1S/C18H20O/c19-18-13-9-8-12(11-13)17(18)10-4-3-6-15(17)14-5-1-2-7-16(14)18/h1-2,5,7-9,12-13,15,19H,3-4,6,10-11H2/t12-,13+,15+,17-,18-/m0/s1/i1D,2D,5D,7D,11D/t11-,12-,13+,15+,17-,18-. The van der Waals surface area contributed by atoms with Crippen molar-refractivity contribution < 1.29 is 12.0 Å². The molecule has 98 valence electrons. The summed E-state index contributed by atoms with van der Waals surface area (Å²) in [6, 6.07) is -0.559. The molecule has 2 bridgehead atoms. The number of hydrogen-bond donors (Lipinski definition) is 1. The van der Waals surface area contributed by atoms with E-state index in [4.69, 9.17) is 6.85 Å². The molecule has 0 amide bonds. The van der Waals surface area contributed by atoms with Crippen LogP contribution in [-0.2, 0) is 5.60 Å². The number of hydrogen-bond acceptors (Lipinski definition) is 1. The quantitative estimate of drug-likeness (QED) is 0.702. The van der Waals surface area contributed by atoms with Crippen LogP contribution in [-0.4, -0.2) is 5.11 Å². The molecular weight excluding hydrogens is 232 g/mol. The molecule has 1 spiro atoms. The van der Waals surface area contributed by atoms with Crippen molar-refractivity contribution in [3.05, 3.63) is 47.4 Å². The minimum Gasteiger partial charge on any atom is -0.384 e. The molecule has 5 rings (SSSR count). The van der Waals surface area contributed by atoms with Crippen molar-refractivity contribution in [3.8, 4) is 0 Å². The van der Waals surface area contributed by atoms with Crippen LogP contribution in [0.2, 0.25) is 0 Å². The van der Waals surface area contributed by atoms with Gasteiger partial charge in [0.1, 0.15) is 5.60 Å². The Morgan fingerprint density at radius 2 is 2.05 bits per heavy atom.